The molecule has 2 aromatic carbocycles. The molecule has 5 rings (SSSR count). The molecule has 0 fully saturated rings. The summed E-state index contributed by atoms with van der Waals surface area (Å²) >= 11 is 0. The Labute approximate surface area is 187 Å². The standard InChI is InChI=1S/C25H23N3O2.ClH/c1-18-22-12-6-5-11-20(22)15-21(17-30-25(29)19-9-3-2-4-10-19)28(18)24-16-27-14-8-7-13-23(27)26-24;/h2-14,16,18,21H,15,17H2,1H3;1H. The molecule has 2 aromatic heterocycles. The average Bonchev–Trinajstić information content (AvgIpc) is 3.22. The van der Waals surface area contributed by atoms with E-state index in [9.17, 15) is 4.79 Å². The van der Waals surface area contributed by atoms with Crippen molar-refractivity contribution in [2.45, 2.75) is 25.4 Å². The highest BCUT2D eigenvalue weighted by Crippen LogP contribution is 2.36. The molecule has 0 aliphatic carbocycles. The molecule has 5 nitrogen and oxygen atoms in total. The van der Waals surface area contributed by atoms with Gasteiger partial charge < -0.3 is 14.0 Å². The Morgan fingerprint density at radius 1 is 1.03 bits per heavy atom. The number of hydrogen-bond acceptors (Lipinski definition) is 4. The van der Waals surface area contributed by atoms with Gasteiger partial charge in [-0.1, -0.05) is 48.5 Å². The second kappa shape index (κ2) is 8.82. The molecule has 0 amide bonds. The van der Waals surface area contributed by atoms with Crippen LogP contribution in [0.1, 0.15) is 34.5 Å². The summed E-state index contributed by atoms with van der Waals surface area (Å²) in [6.07, 6.45) is 4.85. The van der Waals surface area contributed by atoms with E-state index in [0.717, 1.165) is 17.9 Å². The summed E-state index contributed by atoms with van der Waals surface area (Å²) in [5.74, 6) is 0.598. The second-order valence-electron chi connectivity index (χ2n) is 7.67. The molecule has 4 aromatic rings. The van der Waals surface area contributed by atoms with Crippen molar-refractivity contribution in [1.82, 2.24) is 9.38 Å². The van der Waals surface area contributed by atoms with E-state index in [0.29, 0.717) is 12.2 Å². The second-order valence-corrected chi connectivity index (χ2v) is 7.67. The number of anilines is 1. The molecular formula is C25H24ClN3O2. The fourth-order valence-electron chi connectivity index (χ4n) is 4.35. The number of benzene rings is 2. The number of imidazole rings is 1. The van der Waals surface area contributed by atoms with Gasteiger partial charge in [0.25, 0.3) is 0 Å². The van der Waals surface area contributed by atoms with Crippen LogP contribution in [-0.2, 0) is 11.2 Å². The van der Waals surface area contributed by atoms with E-state index >= 15 is 0 Å². The third-order valence-electron chi connectivity index (χ3n) is 5.80. The SMILES string of the molecule is CC1c2ccccc2CC(COC(=O)c2ccccc2)N1c1cn2ccccc2n1.Cl. The van der Waals surface area contributed by atoms with E-state index in [2.05, 4.69) is 36.1 Å². The minimum atomic E-state index is -0.294. The fraction of sp³-hybridized carbons (Fsp3) is 0.200. The normalized spacial score (nSPS) is 17.6. The van der Waals surface area contributed by atoms with Gasteiger partial charge in [-0.15, -0.1) is 12.4 Å². The molecule has 158 valence electrons. The first kappa shape index (κ1) is 20.9. The predicted molar refractivity (Wildman–Crippen MR) is 124 cm³/mol. The highest BCUT2D eigenvalue weighted by Gasteiger charge is 2.34. The van der Waals surface area contributed by atoms with E-state index < -0.39 is 0 Å². The van der Waals surface area contributed by atoms with Crippen molar-refractivity contribution in [2.75, 3.05) is 11.5 Å². The topological polar surface area (TPSA) is 46.8 Å². The molecule has 0 bridgehead atoms. The van der Waals surface area contributed by atoms with Gasteiger partial charge in [-0.05, 0) is 48.7 Å². The van der Waals surface area contributed by atoms with Gasteiger partial charge >= 0.3 is 5.97 Å². The Morgan fingerprint density at radius 3 is 2.58 bits per heavy atom. The highest BCUT2D eigenvalue weighted by molar-refractivity contribution is 5.89. The van der Waals surface area contributed by atoms with Gasteiger partial charge in [0.1, 0.15) is 18.1 Å². The molecule has 0 saturated heterocycles. The van der Waals surface area contributed by atoms with Crippen molar-refractivity contribution in [3.05, 3.63) is 102 Å². The maximum absolute atomic E-state index is 12.5. The van der Waals surface area contributed by atoms with Gasteiger partial charge in [0.05, 0.1) is 23.8 Å². The summed E-state index contributed by atoms with van der Waals surface area (Å²) in [4.78, 5) is 19.7. The lowest BCUT2D eigenvalue weighted by atomic mass is 9.89. The minimum Gasteiger partial charge on any atom is -0.460 e. The van der Waals surface area contributed by atoms with Gasteiger partial charge in [-0.2, -0.15) is 0 Å². The van der Waals surface area contributed by atoms with Crippen LogP contribution in [-0.4, -0.2) is 28.0 Å². The first-order chi connectivity index (χ1) is 14.7. The Kier molecular flexibility index (Phi) is 5.96. The number of esters is 1. The molecule has 0 spiro atoms. The first-order valence-corrected chi connectivity index (χ1v) is 10.2. The largest absolute Gasteiger partial charge is 0.460 e. The zero-order valence-electron chi connectivity index (χ0n) is 17.2. The monoisotopic (exact) mass is 433 g/mol. The molecule has 2 unspecified atom stereocenters. The van der Waals surface area contributed by atoms with Crippen LogP contribution in [0.3, 0.4) is 0 Å². The molecule has 31 heavy (non-hydrogen) atoms. The summed E-state index contributed by atoms with van der Waals surface area (Å²) in [6.45, 7) is 2.49. The number of carbonyl (C=O) groups is 1. The predicted octanol–water partition coefficient (Wildman–Crippen LogP) is 5.11. The zero-order valence-corrected chi connectivity index (χ0v) is 18.0. The number of fused-ring (bicyclic) bond motifs is 2. The van der Waals surface area contributed by atoms with Crippen molar-refractivity contribution < 1.29 is 9.53 Å². The Bertz CT molecular complexity index is 1160. The summed E-state index contributed by atoms with van der Waals surface area (Å²) in [7, 11) is 0. The average molecular weight is 434 g/mol. The summed E-state index contributed by atoms with van der Waals surface area (Å²) in [5.41, 5.74) is 4.06. The van der Waals surface area contributed by atoms with Crippen LogP contribution < -0.4 is 4.90 Å². The van der Waals surface area contributed by atoms with Crippen LogP contribution in [0, 0.1) is 0 Å². The summed E-state index contributed by atoms with van der Waals surface area (Å²) in [5, 5.41) is 0. The van der Waals surface area contributed by atoms with Crippen LogP contribution >= 0.6 is 12.4 Å². The smallest absolute Gasteiger partial charge is 0.338 e. The van der Waals surface area contributed by atoms with Crippen molar-refractivity contribution >= 4 is 29.8 Å². The quantitative estimate of drug-likeness (QED) is 0.420. The van der Waals surface area contributed by atoms with E-state index in [1.807, 2.05) is 53.2 Å². The molecule has 0 N–H and O–H groups in total. The number of ether oxygens (including phenoxy) is 1. The number of halogens is 1. The number of aromatic nitrogens is 2. The number of carbonyl (C=O) groups excluding carboxylic acids is 1. The first-order valence-electron chi connectivity index (χ1n) is 10.2. The van der Waals surface area contributed by atoms with Crippen molar-refractivity contribution in [3.8, 4) is 0 Å². The van der Waals surface area contributed by atoms with Crippen LogP contribution in [0.4, 0.5) is 5.82 Å². The minimum absolute atomic E-state index is 0. The van der Waals surface area contributed by atoms with Gasteiger partial charge in [-0.3, -0.25) is 0 Å². The van der Waals surface area contributed by atoms with Gasteiger partial charge in [0.15, 0.2) is 0 Å². The number of hydrogen-bond donors (Lipinski definition) is 0. The van der Waals surface area contributed by atoms with Crippen molar-refractivity contribution in [2.24, 2.45) is 0 Å². The lowest BCUT2D eigenvalue weighted by Gasteiger charge is -2.41. The summed E-state index contributed by atoms with van der Waals surface area (Å²) in [6, 6.07) is 23.7. The molecule has 2 atom stereocenters. The van der Waals surface area contributed by atoms with Crippen LogP contribution in [0.5, 0.6) is 0 Å². The van der Waals surface area contributed by atoms with E-state index in [1.165, 1.54) is 11.1 Å². The molecule has 0 saturated carbocycles. The fourth-order valence-corrected chi connectivity index (χ4v) is 4.35. The maximum atomic E-state index is 12.5. The van der Waals surface area contributed by atoms with Crippen LogP contribution in [0.15, 0.2) is 85.2 Å². The van der Waals surface area contributed by atoms with Gasteiger partial charge in [-0.25, -0.2) is 9.78 Å². The Balaban J connectivity index is 0.00000231. The van der Waals surface area contributed by atoms with Gasteiger partial charge in [0, 0.05) is 6.20 Å². The molecule has 1 aliphatic rings. The lowest BCUT2D eigenvalue weighted by Crippen LogP contribution is -2.46. The van der Waals surface area contributed by atoms with E-state index in [1.54, 1.807) is 12.1 Å². The third-order valence-corrected chi connectivity index (χ3v) is 5.80. The zero-order chi connectivity index (χ0) is 20.5. The van der Waals surface area contributed by atoms with Crippen LogP contribution in [0.25, 0.3) is 5.65 Å². The van der Waals surface area contributed by atoms with Crippen LogP contribution in [0.2, 0.25) is 0 Å². The lowest BCUT2D eigenvalue weighted by molar-refractivity contribution is 0.0471. The van der Waals surface area contributed by atoms with E-state index in [4.69, 9.17) is 9.72 Å². The van der Waals surface area contributed by atoms with E-state index in [-0.39, 0.29) is 30.5 Å². The number of rotatable bonds is 4. The van der Waals surface area contributed by atoms with Crippen molar-refractivity contribution in [3.63, 3.8) is 0 Å². The Hall–Kier alpha value is -3.31. The number of nitrogens with zero attached hydrogens (tertiary/aromatic N) is 3. The molecule has 1 aliphatic heterocycles. The molecule has 0 radical (unpaired) electrons. The maximum Gasteiger partial charge on any atom is 0.338 e. The molecule has 6 heteroatoms. The van der Waals surface area contributed by atoms with Gasteiger partial charge in [0.2, 0.25) is 0 Å². The summed E-state index contributed by atoms with van der Waals surface area (Å²) < 4.78 is 7.76. The number of pyridine rings is 1. The third kappa shape index (κ3) is 4.01. The highest BCUT2D eigenvalue weighted by atomic mass is 35.5. The van der Waals surface area contributed by atoms with Crippen molar-refractivity contribution in [1.29, 1.82) is 0 Å². The Morgan fingerprint density at radius 2 is 1.77 bits per heavy atom. The molecular weight excluding hydrogens is 410 g/mol. The molecule has 3 heterocycles.